The number of hydrogen-bond acceptors (Lipinski definition) is 6. The van der Waals surface area contributed by atoms with Crippen LogP contribution in [0.5, 0.6) is 0 Å². The maximum atomic E-state index is 9.85. The van der Waals surface area contributed by atoms with E-state index in [1.165, 1.54) is 0 Å². The van der Waals surface area contributed by atoms with E-state index in [0.29, 0.717) is 32.9 Å². The van der Waals surface area contributed by atoms with Gasteiger partial charge in [0.25, 0.3) is 0 Å². The highest BCUT2D eigenvalue weighted by molar-refractivity contribution is 4.87. The Hall–Kier alpha value is -0.240. The molecular weight excluding hydrogens is 262 g/mol. The van der Waals surface area contributed by atoms with Gasteiger partial charge in [-0.05, 0) is 12.8 Å². The van der Waals surface area contributed by atoms with Crippen molar-refractivity contribution >= 4 is 0 Å². The SMILES string of the molecule is COC1(CNCC(O)COCC2CCCO2)CCOC1. The summed E-state index contributed by atoms with van der Waals surface area (Å²) in [6, 6.07) is 0. The summed E-state index contributed by atoms with van der Waals surface area (Å²) in [7, 11) is 1.71. The van der Waals surface area contributed by atoms with Crippen molar-refractivity contribution in [2.24, 2.45) is 0 Å². The lowest BCUT2D eigenvalue weighted by molar-refractivity contribution is -0.0274. The van der Waals surface area contributed by atoms with Gasteiger partial charge in [0.2, 0.25) is 0 Å². The van der Waals surface area contributed by atoms with E-state index in [9.17, 15) is 5.11 Å². The van der Waals surface area contributed by atoms with Gasteiger partial charge in [0.1, 0.15) is 5.60 Å². The number of rotatable bonds is 9. The topological polar surface area (TPSA) is 69.2 Å². The minimum absolute atomic E-state index is 0.211. The molecular formula is C14H27NO5. The van der Waals surface area contributed by atoms with E-state index in [4.69, 9.17) is 18.9 Å². The fourth-order valence-corrected chi connectivity index (χ4v) is 2.60. The van der Waals surface area contributed by atoms with Gasteiger partial charge in [0, 0.05) is 39.8 Å². The third kappa shape index (κ3) is 4.95. The van der Waals surface area contributed by atoms with Crippen molar-refractivity contribution in [1.29, 1.82) is 0 Å². The molecule has 0 spiro atoms. The first kappa shape index (κ1) is 16.1. The summed E-state index contributed by atoms with van der Waals surface area (Å²) >= 11 is 0. The first-order valence-electron chi connectivity index (χ1n) is 7.45. The monoisotopic (exact) mass is 289 g/mol. The molecule has 6 nitrogen and oxygen atoms in total. The molecule has 6 heteroatoms. The number of aliphatic hydroxyl groups is 1. The molecule has 2 saturated heterocycles. The molecule has 0 radical (unpaired) electrons. The molecule has 0 bridgehead atoms. The van der Waals surface area contributed by atoms with Gasteiger partial charge in [-0.3, -0.25) is 0 Å². The second kappa shape index (κ2) is 8.26. The van der Waals surface area contributed by atoms with Gasteiger partial charge in [-0.25, -0.2) is 0 Å². The largest absolute Gasteiger partial charge is 0.389 e. The molecule has 3 unspecified atom stereocenters. The number of methoxy groups -OCH3 is 1. The number of hydrogen-bond donors (Lipinski definition) is 2. The molecule has 0 amide bonds. The summed E-state index contributed by atoms with van der Waals surface area (Å²) in [5, 5.41) is 13.1. The highest BCUT2D eigenvalue weighted by atomic mass is 16.6. The summed E-state index contributed by atoms with van der Waals surface area (Å²) in [6.45, 7) is 4.28. The van der Waals surface area contributed by atoms with Crippen LogP contribution in [-0.2, 0) is 18.9 Å². The maximum absolute atomic E-state index is 9.85. The molecule has 0 saturated carbocycles. The summed E-state index contributed by atoms with van der Waals surface area (Å²) in [5.74, 6) is 0. The van der Waals surface area contributed by atoms with Gasteiger partial charge >= 0.3 is 0 Å². The van der Waals surface area contributed by atoms with Crippen molar-refractivity contribution in [3.05, 3.63) is 0 Å². The summed E-state index contributed by atoms with van der Waals surface area (Å²) in [5.41, 5.74) is -0.238. The zero-order valence-corrected chi connectivity index (χ0v) is 12.3. The Bertz CT molecular complexity index is 264. The van der Waals surface area contributed by atoms with Crippen LogP contribution < -0.4 is 5.32 Å². The normalized spacial score (nSPS) is 31.8. The van der Waals surface area contributed by atoms with Crippen LogP contribution in [0.15, 0.2) is 0 Å². The van der Waals surface area contributed by atoms with Crippen LogP contribution in [0, 0.1) is 0 Å². The second-order valence-corrected chi connectivity index (χ2v) is 5.65. The van der Waals surface area contributed by atoms with E-state index >= 15 is 0 Å². The van der Waals surface area contributed by atoms with E-state index in [2.05, 4.69) is 5.32 Å². The molecule has 20 heavy (non-hydrogen) atoms. The summed E-state index contributed by atoms with van der Waals surface area (Å²) in [6.07, 6.45) is 2.77. The molecule has 2 rings (SSSR count). The van der Waals surface area contributed by atoms with Gasteiger partial charge in [0.05, 0.1) is 32.0 Å². The second-order valence-electron chi connectivity index (χ2n) is 5.65. The lowest BCUT2D eigenvalue weighted by atomic mass is 10.0. The Morgan fingerprint density at radius 3 is 3.00 bits per heavy atom. The molecule has 2 aliphatic heterocycles. The molecule has 0 aromatic rings. The molecule has 2 aliphatic rings. The first-order valence-corrected chi connectivity index (χ1v) is 7.45. The van der Waals surface area contributed by atoms with Crippen LogP contribution in [0.2, 0.25) is 0 Å². The average Bonchev–Trinajstić information content (AvgIpc) is 3.10. The molecule has 2 heterocycles. The molecule has 0 aliphatic carbocycles. The van der Waals surface area contributed by atoms with Gasteiger partial charge in [0.15, 0.2) is 0 Å². The van der Waals surface area contributed by atoms with Crippen LogP contribution in [0.1, 0.15) is 19.3 Å². The third-order valence-electron chi connectivity index (χ3n) is 3.97. The van der Waals surface area contributed by atoms with E-state index in [1.54, 1.807) is 7.11 Å². The van der Waals surface area contributed by atoms with Crippen LogP contribution >= 0.6 is 0 Å². The number of aliphatic hydroxyl groups excluding tert-OH is 1. The number of ether oxygens (including phenoxy) is 4. The molecule has 3 atom stereocenters. The average molecular weight is 289 g/mol. The molecule has 2 N–H and O–H groups in total. The van der Waals surface area contributed by atoms with Gasteiger partial charge in [-0.15, -0.1) is 0 Å². The van der Waals surface area contributed by atoms with Crippen molar-refractivity contribution in [2.45, 2.75) is 37.1 Å². The Morgan fingerprint density at radius 2 is 2.35 bits per heavy atom. The fraction of sp³-hybridized carbons (Fsp3) is 1.00. The zero-order chi connectivity index (χ0) is 14.3. The van der Waals surface area contributed by atoms with Crippen molar-refractivity contribution in [3.8, 4) is 0 Å². The van der Waals surface area contributed by atoms with Crippen LogP contribution in [0.25, 0.3) is 0 Å². The smallest absolute Gasteiger partial charge is 0.106 e. The first-order chi connectivity index (χ1) is 9.74. The third-order valence-corrected chi connectivity index (χ3v) is 3.97. The Balaban J connectivity index is 1.52. The Labute approximate surface area is 120 Å². The molecule has 2 fully saturated rings. The summed E-state index contributed by atoms with van der Waals surface area (Å²) < 4.78 is 21.8. The van der Waals surface area contributed by atoms with E-state index < -0.39 is 6.10 Å². The lowest BCUT2D eigenvalue weighted by Gasteiger charge is -2.26. The standard InChI is InChI=1S/C14H27NO5/c1-17-14(4-6-18-11-14)10-15-7-12(16)8-19-9-13-3-2-5-20-13/h12-13,15-16H,2-11H2,1H3. The van der Waals surface area contributed by atoms with Gasteiger partial charge < -0.3 is 29.4 Å². The predicted molar refractivity (Wildman–Crippen MR) is 73.8 cm³/mol. The fourth-order valence-electron chi connectivity index (χ4n) is 2.60. The molecule has 0 aromatic carbocycles. The van der Waals surface area contributed by atoms with Crippen LogP contribution in [0.3, 0.4) is 0 Å². The van der Waals surface area contributed by atoms with Gasteiger partial charge in [-0.1, -0.05) is 0 Å². The van der Waals surface area contributed by atoms with Crippen LogP contribution in [0.4, 0.5) is 0 Å². The highest BCUT2D eigenvalue weighted by Gasteiger charge is 2.34. The minimum Gasteiger partial charge on any atom is -0.389 e. The summed E-state index contributed by atoms with van der Waals surface area (Å²) in [4.78, 5) is 0. The van der Waals surface area contributed by atoms with Crippen LogP contribution in [-0.4, -0.2) is 76.1 Å². The molecule has 118 valence electrons. The Morgan fingerprint density at radius 1 is 1.45 bits per heavy atom. The van der Waals surface area contributed by atoms with Crippen molar-refractivity contribution in [3.63, 3.8) is 0 Å². The molecule has 0 aromatic heterocycles. The number of nitrogens with one attached hydrogen (secondary N) is 1. The van der Waals surface area contributed by atoms with E-state index in [1.807, 2.05) is 0 Å². The maximum Gasteiger partial charge on any atom is 0.106 e. The highest BCUT2D eigenvalue weighted by Crippen LogP contribution is 2.21. The van der Waals surface area contributed by atoms with E-state index in [-0.39, 0.29) is 11.7 Å². The van der Waals surface area contributed by atoms with Crippen molar-refractivity contribution in [2.75, 3.05) is 53.2 Å². The quantitative estimate of drug-likeness (QED) is 0.620. The van der Waals surface area contributed by atoms with Crippen molar-refractivity contribution < 1.29 is 24.1 Å². The Kier molecular flexibility index (Phi) is 6.67. The predicted octanol–water partition coefficient (Wildman–Crippen LogP) is -0.0620. The zero-order valence-electron chi connectivity index (χ0n) is 12.3. The minimum atomic E-state index is -0.507. The van der Waals surface area contributed by atoms with Crippen molar-refractivity contribution in [1.82, 2.24) is 5.32 Å². The van der Waals surface area contributed by atoms with Gasteiger partial charge in [-0.2, -0.15) is 0 Å². The van der Waals surface area contributed by atoms with E-state index in [0.717, 1.165) is 32.5 Å². The lowest BCUT2D eigenvalue weighted by Crippen LogP contribution is -2.45.